The van der Waals surface area contributed by atoms with Crippen LogP contribution in [0, 0.1) is 18.7 Å². The van der Waals surface area contributed by atoms with Crippen LogP contribution in [0.1, 0.15) is 35.2 Å². The van der Waals surface area contributed by atoms with Gasteiger partial charge in [0.2, 0.25) is 0 Å². The van der Waals surface area contributed by atoms with Gasteiger partial charge in [0.05, 0.1) is 12.8 Å². The van der Waals surface area contributed by atoms with Crippen molar-refractivity contribution in [3.8, 4) is 11.5 Å². The summed E-state index contributed by atoms with van der Waals surface area (Å²) in [5, 5.41) is 14.4. The summed E-state index contributed by atoms with van der Waals surface area (Å²) in [6, 6.07) is 12.9. The molecule has 1 saturated heterocycles. The molecule has 2 heterocycles. The van der Waals surface area contributed by atoms with Gasteiger partial charge in [-0.3, -0.25) is 14.5 Å². The topological polar surface area (TPSA) is 53.8 Å². The number of likely N-dealkylation sites (tertiary alicyclic amines) is 1. The normalized spacial score (nSPS) is 16.1. The van der Waals surface area contributed by atoms with Gasteiger partial charge >= 0.3 is 0 Å². The summed E-state index contributed by atoms with van der Waals surface area (Å²) in [4.78, 5) is 4.93. The van der Waals surface area contributed by atoms with Crippen LogP contribution in [-0.2, 0) is 26.6 Å². The smallest absolute Gasteiger partial charge is 0.160 e. The van der Waals surface area contributed by atoms with Crippen LogP contribution < -0.4 is 4.74 Å². The van der Waals surface area contributed by atoms with E-state index in [-0.39, 0.29) is 11.6 Å². The average molecular weight is 481 g/mol. The monoisotopic (exact) mass is 480 g/mol. The minimum atomic E-state index is -0.191. The Kier molecular flexibility index (Phi) is 8.08. The molecular formula is C28H37FN4O2. The van der Waals surface area contributed by atoms with Gasteiger partial charge in [-0.05, 0) is 87.6 Å². The van der Waals surface area contributed by atoms with E-state index in [0.29, 0.717) is 17.7 Å². The quantitative estimate of drug-likeness (QED) is 0.488. The standard InChI is InChI=1S/C28H37FN4O2/c1-20-24(19-32(3)30-20)18-31(2)26(15-21-5-8-25(29)9-6-21)23-11-13-33(14-12-23)17-22-7-10-27(34)28(16-22)35-4/h5-10,16,19,23,26,34H,11-15,17-18H2,1-4H3/t26-/m0/s1. The molecule has 7 heteroatoms. The maximum absolute atomic E-state index is 13.5. The molecule has 0 radical (unpaired) electrons. The van der Waals surface area contributed by atoms with E-state index in [9.17, 15) is 9.50 Å². The maximum Gasteiger partial charge on any atom is 0.160 e. The van der Waals surface area contributed by atoms with Crippen molar-refractivity contribution in [2.75, 3.05) is 27.2 Å². The first-order valence-electron chi connectivity index (χ1n) is 12.3. The van der Waals surface area contributed by atoms with Gasteiger partial charge in [0.15, 0.2) is 11.5 Å². The molecule has 0 spiro atoms. The van der Waals surface area contributed by atoms with E-state index in [0.717, 1.165) is 56.7 Å². The second-order valence-electron chi connectivity index (χ2n) is 9.85. The lowest BCUT2D eigenvalue weighted by atomic mass is 9.84. The number of ether oxygens (including phenoxy) is 1. The maximum atomic E-state index is 13.5. The van der Waals surface area contributed by atoms with E-state index in [1.54, 1.807) is 25.3 Å². The highest BCUT2D eigenvalue weighted by Crippen LogP contribution is 2.30. The number of aromatic nitrogens is 2. The Morgan fingerprint density at radius 2 is 1.83 bits per heavy atom. The van der Waals surface area contributed by atoms with Crippen molar-refractivity contribution < 1.29 is 14.2 Å². The van der Waals surface area contributed by atoms with Crippen molar-refractivity contribution >= 4 is 0 Å². The van der Waals surface area contributed by atoms with Crippen LogP contribution in [0.25, 0.3) is 0 Å². The number of rotatable bonds is 9. The molecule has 0 bridgehead atoms. The number of aromatic hydroxyl groups is 1. The van der Waals surface area contributed by atoms with Crippen molar-refractivity contribution in [2.24, 2.45) is 13.0 Å². The van der Waals surface area contributed by atoms with Gasteiger partial charge in [-0.15, -0.1) is 0 Å². The van der Waals surface area contributed by atoms with Crippen LogP contribution in [0.15, 0.2) is 48.7 Å². The number of likely N-dealkylation sites (N-methyl/N-ethyl adjacent to an activating group) is 1. The van der Waals surface area contributed by atoms with Gasteiger partial charge in [0.1, 0.15) is 5.82 Å². The molecule has 1 fully saturated rings. The van der Waals surface area contributed by atoms with Crippen LogP contribution >= 0.6 is 0 Å². The third-order valence-corrected chi connectivity index (χ3v) is 7.29. The molecule has 188 valence electrons. The van der Waals surface area contributed by atoms with E-state index >= 15 is 0 Å². The largest absolute Gasteiger partial charge is 0.504 e. The van der Waals surface area contributed by atoms with Gasteiger partial charge in [-0.2, -0.15) is 5.10 Å². The highest BCUT2D eigenvalue weighted by Gasteiger charge is 2.30. The Morgan fingerprint density at radius 3 is 2.46 bits per heavy atom. The van der Waals surface area contributed by atoms with Gasteiger partial charge < -0.3 is 9.84 Å². The lowest BCUT2D eigenvalue weighted by Gasteiger charge is -2.40. The zero-order valence-corrected chi connectivity index (χ0v) is 21.2. The van der Waals surface area contributed by atoms with Crippen molar-refractivity contribution in [3.63, 3.8) is 0 Å². The lowest BCUT2D eigenvalue weighted by molar-refractivity contribution is 0.0953. The molecule has 0 unspecified atom stereocenters. The molecule has 0 saturated carbocycles. The third kappa shape index (κ3) is 6.41. The van der Waals surface area contributed by atoms with E-state index < -0.39 is 0 Å². The summed E-state index contributed by atoms with van der Waals surface area (Å²) >= 11 is 0. The van der Waals surface area contributed by atoms with Crippen LogP contribution in [0.4, 0.5) is 4.39 Å². The number of benzene rings is 2. The molecule has 1 atom stereocenters. The predicted octanol–water partition coefficient (Wildman–Crippen LogP) is 4.54. The summed E-state index contributed by atoms with van der Waals surface area (Å²) in [6.07, 6.45) is 5.22. The number of methoxy groups -OCH3 is 1. The molecule has 0 aliphatic carbocycles. The molecule has 1 aromatic heterocycles. The zero-order chi connectivity index (χ0) is 24.9. The third-order valence-electron chi connectivity index (χ3n) is 7.29. The number of hydrogen-bond acceptors (Lipinski definition) is 5. The molecule has 3 aromatic rings. The molecule has 6 nitrogen and oxygen atoms in total. The van der Waals surface area contributed by atoms with Crippen molar-refractivity contribution in [3.05, 3.63) is 76.9 Å². The van der Waals surface area contributed by atoms with Crippen LogP contribution in [0.5, 0.6) is 11.5 Å². The Bertz CT molecular complexity index is 1110. The average Bonchev–Trinajstić information content (AvgIpc) is 3.16. The number of phenolic OH excluding ortho intramolecular Hbond substituents is 1. The molecule has 1 N–H and O–H groups in total. The van der Waals surface area contributed by atoms with Crippen molar-refractivity contribution in [1.29, 1.82) is 0 Å². The molecular weight excluding hydrogens is 443 g/mol. The van der Waals surface area contributed by atoms with Crippen LogP contribution in [0.3, 0.4) is 0 Å². The summed E-state index contributed by atoms with van der Waals surface area (Å²) in [7, 11) is 5.75. The molecule has 35 heavy (non-hydrogen) atoms. The van der Waals surface area contributed by atoms with Gasteiger partial charge in [-0.25, -0.2) is 4.39 Å². The predicted molar refractivity (Wildman–Crippen MR) is 136 cm³/mol. The van der Waals surface area contributed by atoms with Crippen molar-refractivity contribution in [1.82, 2.24) is 19.6 Å². The Hall–Kier alpha value is -2.90. The molecule has 1 aliphatic heterocycles. The first kappa shape index (κ1) is 25.2. The molecule has 4 rings (SSSR count). The van der Waals surface area contributed by atoms with E-state index in [2.05, 4.69) is 35.1 Å². The molecule has 0 amide bonds. The SMILES string of the molecule is COc1cc(CN2CCC([C@H](Cc3ccc(F)cc3)N(C)Cc3cn(C)nc3C)CC2)ccc1O. The zero-order valence-electron chi connectivity index (χ0n) is 21.2. The van der Waals surface area contributed by atoms with Crippen molar-refractivity contribution in [2.45, 2.75) is 45.3 Å². The minimum Gasteiger partial charge on any atom is -0.504 e. The van der Waals surface area contributed by atoms with Gasteiger partial charge in [0, 0.05) is 37.9 Å². The lowest BCUT2D eigenvalue weighted by Crippen LogP contribution is -2.45. The fourth-order valence-corrected chi connectivity index (χ4v) is 5.31. The highest BCUT2D eigenvalue weighted by molar-refractivity contribution is 5.41. The first-order valence-corrected chi connectivity index (χ1v) is 12.3. The number of piperidine rings is 1. The first-order chi connectivity index (χ1) is 16.8. The number of nitrogens with zero attached hydrogens (tertiary/aromatic N) is 4. The fourth-order valence-electron chi connectivity index (χ4n) is 5.31. The van der Waals surface area contributed by atoms with E-state index in [4.69, 9.17) is 4.74 Å². The fraction of sp³-hybridized carbons (Fsp3) is 0.464. The Labute approximate surface area is 207 Å². The van der Waals surface area contributed by atoms with Gasteiger partial charge in [-0.1, -0.05) is 18.2 Å². The number of phenols is 1. The van der Waals surface area contributed by atoms with E-state index in [1.165, 1.54) is 11.1 Å². The van der Waals surface area contributed by atoms with Crippen LogP contribution in [0.2, 0.25) is 0 Å². The number of aryl methyl sites for hydroxylation is 2. The number of hydrogen-bond donors (Lipinski definition) is 1. The minimum absolute atomic E-state index is 0.172. The second kappa shape index (κ2) is 11.2. The molecule has 1 aliphatic rings. The second-order valence-corrected chi connectivity index (χ2v) is 9.85. The van der Waals surface area contributed by atoms with E-state index in [1.807, 2.05) is 36.0 Å². The molecule has 2 aromatic carbocycles. The summed E-state index contributed by atoms with van der Waals surface area (Å²) in [6.45, 7) is 5.80. The number of halogens is 1. The van der Waals surface area contributed by atoms with Gasteiger partial charge in [0.25, 0.3) is 0 Å². The highest BCUT2D eigenvalue weighted by atomic mass is 19.1. The Morgan fingerprint density at radius 1 is 1.14 bits per heavy atom. The van der Waals surface area contributed by atoms with Crippen LogP contribution in [-0.4, -0.2) is 58.0 Å². The summed E-state index contributed by atoms with van der Waals surface area (Å²) in [5.41, 5.74) is 4.63. The summed E-state index contributed by atoms with van der Waals surface area (Å²) < 4.78 is 20.7. The summed E-state index contributed by atoms with van der Waals surface area (Å²) in [5.74, 6) is 1.05. The Balaban J connectivity index is 1.44.